The Labute approximate surface area is 157 Å². The van der Waals surface area contributed by atoms with E-state index in [0.717, 1.165) is 6.92 Å². The van der Waals surface area contributed by atoms with Crippen LogP contribution in [-0.2, 0) is 6.18 Å². The zero-order valence-corrected chi connectivity index (χ0v) is 14.9. The minimum atomic E-state index is -4.70. The molecule has 0 radical (unpaired) electrons. The highest BCUT2D eigenvalue weighted by Crippen LogP contribution is 2.43. The number of benzene rings is 2. The molecule has 0 saturated carbocycles. The Morgan fingerprint density at radius 3 is 1.77 bits per heavy atom. The first-order valence-electron chi connectivity index (χ1n) is 7.54. The van der Waals surface area contributed by atoms with Gasteiger partial charge >= 0.3 is 6.18 Å². The van der Waals surface area contributed by atoms with Gasteiger partial charge < -0.3 is 4.98 Å². The third-order valence-electron chi connectivity index (χ3n) is 3.90. The SMILES string of the molecule is CC(=O)c1c(C(F)(F)F)[nH]c(-c2ccc(Cl)cc2)c1-c1ccc(Cl)cc1. The van der Waals surface area contributed by atoms with Gasteiger partial charge in [-0.2, -0.15) is 13.2 Å². The van der Waals surface area contributed by atoms with Crippen LogP contribution in [0, 0.1) is 0 Å². The van der Waals surface area contributed by atoms with Gasteiger partial charge in [-0.1, -0.05) is 47.5 Å². The van der Waals surface area contributed by atoms with Gasteiger partial charge in [0.2, 0.25) is 0 Å². The summed E-state index contributed by atoms with van der Waals surface area (Å²) < 4.78 is 40.6. The lowest BCUT2D eigenvalue weighted by Gasteiger charge is -2.08. The lowest BCUT2D eigenvalue weighted by atomic mass is 9.95. The van der Waals surface area contributed by atoms with Gasteiger partial charge in [0.25, 0.3) is 0 Å². The van der Waals surface area contributed by atoms with Gasteiger partial charge in [-0.05, 0) is 42.3 Å². The Kier molecular flexibility index (Phi) is 4.86. The van der Waals surface area contributed by atoms with Crippen molar-refractivity contribution < 1.29 is 18.0 Å². The van der Waals surface area contributed by atoms with Crippen molar-refractivity contribution in [1.29, 1.82) is 0 Å². The zero-order chi connectivity index (χ0) is 19.1. The van der Waals surface area contributed by atoms with Crippen LogP contribution in [0.2, 0.25) is 10.0 Å². The molecule has 3 rings (SSSR count). The Morgan fingerprint density at radius 2 is 1.35 bits per heavy atom. The second kappa shape index (κ2) is 6.82. The first-order valence-corrected chi connectivity index (χ1v) is 8.30. The van der Waals surface area contributed by atoms with Crippen molar-refractivity contribution in [2.75, 3.05) is 0 Å². The lowest BCUT2D eigenvalue weighted by molar-refractivity contribution is -0.141. The van der Waals surface area contributed by atoms with E-state index in [9.17, 15) is 18.0 Å². The fourth-order valence-corrected chi connectivity index (χ4v) is 3.05. The van der Waals surface area contributed by atoms with Gasteiger partial charge in [0, 0.05) is 15.6 Å². The van der Waals surface area contributed by atoms with Crippen LogP contribution in [0.3, 0.4) is 0 Å². The number of carbonyl (C=O) groups excluding carboxylic acids is 1. The summed E-state index contributed by atoms with van der Waals surface area (Å²) >= 11 is 11.8. The smallest absolute Gasteiger partial charge is 0.350 e. The minimum Gasteiger partial charge on any atom is -0.350 e. The highest BCUT2D eigenvalue weighted by atomic mass is 35.5. The maximum Gasteiger partial charge on any atom is 0.431 e. The first-order chi connectivity index (χ1) is 12.2. The molecule has 3 aromatic rings. The van der Waals surface area contributed by atoms with Crippen LogP contribution in [0.4, 0.5) is 13.2 Å². The van der Waals surface area contributed by atoms with E-state index in [1.165, 1.54) is 0 Å². The number of halogens is 5. The molecule has 1 aromatic heterocycles. The monoisotopic (exact) mass is 397 g/mol. The molecule has 7 heteroatoms. The van der Waals surface area contributed by atoms with Crippen molar-refractivity contribution in [3.8, 4) is 22.4 Å². The van der Waals surface area contributed by atoms with Crippen molar-refractivity contribution in [2.24, 2.45) is 0 Å². The molecule has 0 aliphatic carbocycles. The number of Topliss-reactive ketones (excluding diaryl/α,β-unsaturated/α-hetero) is 1. The van der Waals surface area contributed by atoms with Gasteiger partial charge in [0.1, 0.15) is 5.69 Å². The van der Waals surface area contributed by atoms with Crippen molar-refractivity contribution in [2.45, 2.75) is 13.1 Å². The maximum absolute atomic E-state index is 13.5. The molecular weight excluding hydrogens is 386 g/mol. The molecule has 0 aliphatic rings. The number of hydrogen-bond acceptors (Lipinski definition) is 1. The number of carbonyl (C=O) groups is 1. The van der Waals surface area contributed by atoms with Gasteiger partial charge in [-0.3, -0.25) is 4.79 Å². The van der Waals surface area contributed by atoms with Crippen molar-refractivity contribution >= 4 is 29.0 Å². The highest BCUT2D eigenvalue weighted by molar-refractivity contribution is 6.31. The van der Waals surface area contributed by atoms with E-state index < -0.39 is 23.2 Å². The van der Waals surface area contributed by atoms with Crippen LogP contribution in [0.1, 0.15) is 23.0 Å². The van der Waals surface area contributed by atoms with E-state index in [0.29, 0.717) is 21.2 Å². The van der Waals surface area contributed by atoms with Crippen molar-refractivity contribution in [3.63, 3.8) is 0 Å². The predicted molar refractivity (Wildman–Crippen MR) is 96.7 cm³/mol. The molecule has 0 saturated heterocycles. The standard InChI is InChI=1S/C19H12Cl2F3NO/c1-10(26)15-16(11-2-6-13(20)7-3-11)17(25-18(15)19(22,23)24)12-4-8-14(21)9-5-12/h2-9,25H,1H3. The number of aromatic amines is 1. The van der Waals surface area contributed by atoms with Gasteiger partial charge in [0.05, 0.1) is 11.3 Å². The molecule has 1 heterocycles. The van der Waals surface area contributed by atoms with Crippen molar-refractivity contribution in [1.82, 2.24) is 4.98 Å². The summed E-state index contributed by atoms with van der Waals surface area (Å²) in [7, 11) is 0. The molecule has 0 spiro atoms. The van der Waals surface area contributed by atoms with E-state index >= 15 is 0 Å². The molecule has 2 aromatic carbocycles. The second-order valence-electron chi connectivity index (χ2n) is 5.69. The second-order valence-corrected chi connectivity index (χ2v) is 6.57. The Hall–Kier alpha value is -2.24. The summed E-state index contributed by atoms with van der Waals surface area (Å²) in [5.74, 6) is -0.682. The molecule has 26 heavy (non-hydrogen) atoms. The summed E-state index contributed by atoms with van der Waals surface area (Å²) in [5.41, 5.74) is -0.149. The summed E-state index contributed by atoms with van der Waals surface area (Å²) in [6.07, 6.45) is -4.70. The number of ketones is 1. The molecule has 0 aliphatic heterocycles. The van der Waals surface area contributed by atoms with E-state index in [2.05, 4.69) is 4.98 Å². The third-order valence-corrected chi connectivity index (χ3v) is 4.41. The van der Waals surface area contributed by atoms with E-state index in [-0.39, 0.29) is 11.3 Å². The van der Waals surface area contributed by atoms with Gasteiger partial charge in [-0.25, -0.2) is 0 Å². The Morgan fingerprint density at radius 1 is 0.885 bits per heavy atom. The van der Waals surface area contributed by atoms with E-state index in [1.54, 1.807) is 48.5 Å². The normalized spacial score (nSPS) is 11.6. The maximum atomic E-state index is 13.5. The molecule has 0 unspecified atom stereocenters. The van der Waals surface area contributed by atoms with Crippen LogP contribution >= 0.6 is 23.2 Å². The number of H-pyrrole nitrogens is 1. The highest BCUT2D eigenvalue weighted by Gasteiger charge is 2.39. The number of nitrogens with one attached hydrogen (secondary N) is 1. The van der Waals surface area contributed by atoms with Crippen LogP contribution < -0.4 is 0 Å². The van der Waals surface area contributed by atoms with Crippen molar-refractivity contribution in [3.05, 3.63) is 69.8 Å². The number of aromatic nitrogens is 1. The van der Waals surface area contributed by atoms with Gasteiger partial charge in [0.15, 0.2) is 5.78 Å². The Bertz CT molecular complexity index is 958. The number of alkyl halides is 3. The van der Waals surface area contributed by atoms with E-state index in [1.807, 2.05) is 0 Å². The van der Waals surface area contributed by atoms with Crippen LogP contribution in [-0.4, -0.2) is 10.8 Å². The molecule has 2 nitrogen and oxygen atoms in total. The summed E-state index contributed by atoms with van der Waals surface area (Å²) in [4.78, 5) is 14.5. The fourth-order valence-electron chi connectivity index (χ4n) is 2.80. The zero-order valence-electron chi connectivity index (χ0n) is 13.4. The molecular formula is C19H12Cl2F3NO. The molecule has 0 fully saturated rings. The quantitative estimate of drug-likeness (QED) is 0.480. The van der Waals surface area contributed by atoms with Crippen LogP contribution in [0.15, 0.2) is 48.5 Å². The average Bonchev–Trinajstić information content (AvgIpc) is 2.97. The Balaban J connectivity index is 2.37. The molecule has 0 bridgehead atoms. The summed E-state index contributed by atoms with van der Waals surface area (Å²) in [5, 5.41) is 0.897. The van der Waals surface area contributed by atoms with Gasteiger partial charge in [-0.15, -0.1) is 0 Å². The molecule has 1 N–H and O–H groups in total. The fraction of sp³-hybridized carbons (Fsp3) is 0.105. The predicted octanol–water partition coefficient (Wildman–Crippen LogP) is 6.88. The van der Waals surface area contributed by atoms with Crippen LogP contribution in [0.5, 0.6) is 0 Å². The van der Waals surface area contributed by atoms with Crippen LogP contribution in [0.25, 0.3) is 22.4 Å². The topological polar surface area (TPSA) is 32.9 Å². The largest absolute Gasteiger partial charge is 0.431 e. The minimum absolute atomic E-state index is 0.184. The molecule has 134 valence electrons. The first kappa shape index (κ1) is 18.5. The van der Waals surface area contributed by atoms with E-state index in [4.69, 9.17) is 23.2 Å². The number of hydrogen-bond donors (Lipinski definition) is 1. The third kappa shape index (κ3) is 3.50. The average molecular weight is 398 g/mol. The summed E-state index contributed by atoms with van der Waals surface area (Å²) in [6.45, 7) is 1.11. The lowest BCUT2D eigenvalue weighted by Crippen LogP contribution is -2.11. The molecule has 0 amide bonds. The molecule has 0 atom stereocenters. The summed E-state index contributed by atoms with van der Waals surface area (Å²) in [6, 6.07) is 12.6. The number of rotatable bonds is 3.